The Bertz CT molecular complexity index is 336. The lowest BCUT2D eigenvalue weighted by Gasteiger charge is -2.32. The fourth-order valence-electron chi connectivity index (χ4n) is 1.05. The summed E-state index contributed by atoms with van der Waals surface area (Å²) >= 11 is 0. The van der Waals surface area contributed by atoms with Crippen LogP contribution in [0.25, 0.3) is 0 Å². The molecule has 0 radical (unpaired) electrons. The van der Waals surface area contributed by atoms with Crippen molar-refractivity contribution in [3.05, 3.63) is 11.6 Å². The van der Waals surface area contributed by atoms with Crippen LogP contribution in [0.3, 0.4) is 0 Å². The van der Waals surface area contributed by atoms with E-state index >= 15 is 0 Å². The lowest BCUT2D eigenvalue weighted by Crippen LogP contribution is -2.45. The van der Waals surface area contributed by atoms with Gasteiger partial charge >= 0.3 is 5.97 Å². The highest BCUT2D eigenvalue weighted by Crippen LogP contribution is 2.18. The van der Waals surface area contributed by atoms with Crippen LogP contribution in [0, 0.1) is 0 Å². The quantitative estimate of drug-likeness (QED) is 0.640. The summed E-state index contributed by atoms with van der Waals surface area (Å²) < 4.78 is 23.6. The van der Waals surface area contributed by atoms with Crippen LogP contribution in [0.5, 0.6) is 0 Å². The van der Waals surface area contributed by atoms with Crippen molar-refractivity contribution in [2.24, 2.45) is 0 Å². The summed E-state index contributed by atoms with van der Waals surface area (Å²) in [6.45, 7) is 2.01. The lowest BCUT2D eigenvalue weighted by atomic mass is 10.1. The first kappa shape index (κ1) is 10.2. The third-order valence-corrected chi connectivity index (χ3v) is 3.62. The van der Waals surface area contributed by atoms with Crippen LogP contribution in [0.4, 0.5) is 0 Å². The molecule has 1 heterocycles. The molecule has 1 aliphatic rings. The standard InChI is InChI=1S/C7H11NO4S/c1-2-13(11,12)8-4-6(5-8)3-7(9)10/h3H,2,4-5H2,1H3,(H,9,10). The summed E-state index contributed by atoms with van der Waals surface area (Å²) in [7, 11) is -3.13. The lowest BCUT2D eigenvalue weighted by molar-refractivity contribution is -0.131. The zero-order chi connectivity index (χ0) is 10.1. The molecule has 0 unspecified atom stereocenters. The van der Waals surface area contributed by atoms with E-state index in [9.17, 15) is 13.2 Å². The molecular weight excluding hydrogens is 194 g/mol. The van der Waals surface area contributed by atoms with Crippen LogP contribution in [-0.2, 0) is 14.8 Å². The Morgan fingerprint density at radius 2 is 2.15 bits per heavy atom. The van der Waals surface area contributed by atoms with Crippen molar-refractivity contribution in [1.82, 2.24) is 4.31 Å². The average Bonchev–Trinajstić information content (AvgIpc) is 1.95. The van der Waals surface area contributed by atoms with E-state index in [1.54, 1.807) is 6.92 Å². The number of sulfonamides is 1. The number of carboxylic acids is 1. The highest BCUT2D eigenvalue weighted by Gasteiger charge is 2.30. The Labute approximate surface area is 76.7 Å². The maximum absolute atomic E-state index is 11.2. The van der Waals surface area contributed by atoms with Gasteiger partial charge in [-0.3, -0.25) is 0 Å². The molecule has 1 N–H and O–H groups in total. The van der Waals surface area contributed by atoms with Gasteiger partial charge in [0.05, 0.1) is 5.75 Å². The number of rotatable bonds is 3. The maximum Gasteiger partial charge on any atom is 0.328 e. The molecule has 1 fully saturated rings. The third kappa shape index (κ3) is 2.28. The summed E-state index contributed by atoms with van der Waals surface area (Å²) in [6.07, 6.45) is 1.06. The largest absolute Gasteiger partial charge is 0.478 e. The molecule has 0 bridgehead atoms. The summed E-state index contributed by atoms with van der Waals surface area (Å²) in [5, 5.41) is 8.35. The van der Waals surface area contributed by atoms with Crippen LogP contribution in [0.15, 0.2) is 11.6 Å². The van der Waals surface area contributed by atoms with E-state index in [2.05, 4.69) is 0 Å². The van der Waals surface area contributed by atoms with E-state index in [0.29, 0.717) is 5.57 Å². The molecule has 0 atom stereocenters. The van der Waals surface area contributed by atoms with Crippen molar-refractivity contribution < 1.29 is 18.3 Å². The monoisotopic (exact) mass is 205 g/mol. The SMILES string of the molecule is CCS(=O)(=O)N1CC(=CC(=O)O)C1. The molecule has 0 aromatic heterocycles. The summed E-state index contributed by atoms with van der Waals surface area (Å²) in [5.41, 5.74) is 0.643. The van der Waals surface area contributed by atoms with Crippen LogP contribution < -0.4 is 0 Å². The number of nitrogens with zero attached hydrogens (tertiary/aromatic N) is 1. The Morgan fingerprint density at radius 3 is 2.54 bits per heavy atom. The van der Waals surface area contributed by atoms with Crippen molar-refractivity contribution >= 4 is 16.0 Å². The Hall–Kier alpha value is -0.880. The first-order chi connectivity index (χ1) is 5.95. The number of carboxylic acid groups (broad SMARTS) is 1. The molecule has 13 heavy (non-hydrogen) atoms. The third-order valence-electron chi connectivity index (χ3n) is 1.84. The van der Waals surface area contributed by atoms with Gasteiger partial charge in [0.1, 0.15) is 0 Å². The molecule has 1 aliphatic heterocycles. The average molecular weight is 205 g/mol. The number of hydrogen-bond donors (Lipinski definition) is 1. The summed E-state index contributed by atoms with van der Waals surface area (Å²) in [6, 6.07) is 0. The van der Waals surface area contributed by atoms with E-state index in [1.807, 2.05) is 0 Å². The maximum atomic E-state index is 11.2. The Balaban J connectivity index is 2.56. The fourth-order valence-corrected chi connectivity index (χ4v) is 2.14. The molecule has 0 amide bonds. The molecule has 0 saturated carbocycles. The van der Waals surface area contributed by atoms with Crippen LogP contribution in [0.1, 0.15) is 6.92 Å². The fraction of sp³-hybridized carbons (Fsp3) is 0.571. The van der Waals surface area contributed by atoms with Gasteiger partial charge in [0, 0.05) is 19.2 Å². The van der Waals surface area contributed by atoms with E-state index in [1.165, 1.54) is 4.31 Å². The highest BCUT2D eigenvalue weighted by molar-refractivity contribution is 7.89. The molecular formula is C7H11NO4S. The first-order valence-corrected chi connectivity index (χ1v) is 5.47. The van der Waals surface area contributed by atoms with Gasteiger partial charge in [0.15, 0.2) is 0 Å². The molecule has 0 spiro atoms. The van der Waals surface area contributed by atoms with Crippen LogP contribution in [0.2, 0.25) is 0 Å². The molecule has 5 nitrogen and oxygen atoms in total. The second-order valence-corrected chi connectivity index (χ2v) is 5.07. The molecule has 0 aliphatic carbocycles. The zero-order valence-electron chi connectivity index (χ0n) is 7.23. The summed E-state index contributed by atoms with van der Waals surface area (Å²) in [5.74, 6) is -0.962. The highest BCUT2D eigenvalue weighted by atomic mass is 32.2. The minimum Gasteiger partial charge on any atom is -0.478 e. The van der Waals surface area contributed by atoms with Gasteiger partial charge in [0.25, 0.3) is 0 Å². The van der Waals surface area contributed by atoms with Gasteiger partial charge in [-0.25, -0.2) is 13.2 Å². The Kier molecular flexibility index (Phi) is 2.72. The van der Waals surface area contributed by atoms with E-state index < -0.39 is 16.0 Å². The van der Waals surface area contributed by atoms with E-state index in [-0.39, 0.29) is 18.8 Å². The Morgan fingerprint density at radius 1 is 1.62 bits per heavy atom. The predicted octanol–water partition coefficient (Wildman–Crippen LogP) is -0.337. The van der Waals surface area contributed by atoms with Crippen molar-refractivity contribution in [3.63, 3.8) is 0 Å². The molecule has 1 saturated heterocycles. The second kappa shape index (κ2) is 3.47. The van der Waals surface area contributed by atoms with Crippen molar-refractivity contribution in [1.29, 1.82) is 0 Å². The molecule has 0 aromatic carbocycles. The molecule has 6 heteroatoms. The van der Waals surface area contributed by atoms with Gasteiger partial charge in [-0.05, 0) is 12.5 Å². The van der Waals surface area contributed by atoms with Crippen molar-refractivity contribution in [2.45, 2.75) is 6.92 Å². The molecule has 74 valence electrons. The number of hydrogen-bond acceptors (Lipinski definition) is 3. The van der Waals surface area contributed by atoms with Gasteiger partial charge < -0.3 is 5.11 Å². The first-order valence-electron chi connectivity index (χ1n) is 3.86. The smallest absolute Gasteiger partial charge is 0.328 e. The second-order valence-electron chi connectivity index (χ2n) is 2.81. The predicted molar refractivity (Wildman–Crippen MR) is 46.8 cm³/mol. The minimum absolute atomic E-state index is 0.0628. The van der Waals surface area contributed by atoms with Crippen LogP contribution in [-0.4, -0.2) is 42.6 Å². The van der Waals surface area contributed by atoms with Crippen molar-refractivity contribution in [3.8, 4) is 0 Å². The van der Waals surface area contributed by atoms with E-state index in [4.69, 9.17) is 5.11 Å². The van der Waals surface area contributed by atoms with Gasteiger partial charge in [-0.1, -0.05) is 0 Å². The number of aliphatic carboxylic acids is 1. The van der Waals surface area contributed by atoms with E-state index in [0.717, 1.165) is 6.08 Å². The topological polar surface area (TPSA) is 74.7 Å². The zero-order valence-corrected chi connectivity index (χ0v) is 8.04. The van der Waals surface area contributed by atoms with Gasteiger partial charge in [-0.2, -0.15) is 4.31 Å². The summed E-state index contributed by atoms with van der Waals surface area (Å²) in [4.78, 5) is 10.2. The van der Waals surface area contributed by atoms with Gasteiger partial charge in [-0.15, -0.1) is 0 Å². The normalized spacial score (nSPS) is 18.1. The van der Waals surface area contributed by atoms with Gasteiger partial charge in [0.2, 0.25) is 10.0 Å². The van der Waals surface area contributed by atoms with Crippen molar-refractivity contribution in [2.75, 3.05) is 18.8 Å². The molecule has 0 aromatic rings. The van der Waals surface area contributed by atoms with Crippen LogP contribution >= 0.6 is 0 Å². The minimum atomic E-state index is -3.13. The molecule has 1 rings (SSSR count). The number of carbonyl (C=O) groups is 1.